The van der Waals surface area contributed by atoms with E-state index in [4.69, 9.17) is 5.11 Å². The molecule has 0 atom stereocenters. The fourth-order valence-electron chi connectivity index (χ4n) is 1.13. The Labute approximate surface area is 82.8 Å². The van der Waals surface area contributed by atoms with Gasteiger partial charge in [0.15, 0.2) is 5.69 Å². The zero-order valence-electron chi connectivity index (χ0n) is 7.39. The highest BCUT2D eigenvalue weighted by atomic mass is 16.4. The van der Waals surface area contributed by atoms with Crippen molar-refractivity contribution in [2.45, 2.75) is 0 Å². The van der Waals surface area contributed by atoms with Crippen molar-refractivity contribution in [1.29, 1.82) is 0 Å². The summed E-state index contributed by atoms with van der Waals surface area (Å²) in [5, 5.41) is 14.8. The Morgan fingerprint density at radius 3 is 2.87 bits per heavy atom. The van der Waals surface area contributed by atoms with E-state index in [-0.39, 0.29) is 11.3 Å². The Bertz CT molecular complexity index is 543. The van der Waals surface area contributed by atoms with Crippen molar-refractivity contribution in [3.63, 3.8) is 0 Å². The van der Waals surface area contributed by atoms with Crippen LogP contribution >= 0.6 is 0 Å². The van der Waals surface area contributed by atoms with Gasteiger partial charge in [0.1, 0.15) is 5.56 Å². The molecule has 0 aliphatic carbocycles. The van der Waals surface area contributed by atoms with Crippen LogP contribution in [0, 0.1) is 0 Å². The number of rotatable bonds is 2. The lowest BCUT2D eigenvalue weighted by Crippen LogP contribution is -2.18. The van der Waals surface area contributed by atoms with Gasteiger partial charge in [-0.3, -0.25) is 9.89 Å². The molecule has 0 aliphatic heterocycles. The lowest BCUT2D eigenvalue weighted by atomic mass is 10.2. The Hall–Kier alpha value is -2.44. The highest BCUT2D eigenvalue weighted by molar-refractivity contribution is 5.88. The van der Waals surface area contributed by atoms with Gasteiger partial charge in [-0.15, -0.1) is 0 Å². The second-order valence-electron chi connectivity index (χ2n) is 2.75. The fourth-order valence-corrected chi connectivity index (χ4v) is 1.13. The summed E-state index contributed by atoms with van der Waals surface area (Å²) >= 11 is 0. The number of carboxylic acid groups (broad SMARTS) is 1. The van der Waals surface area contributed by atoms with Crippen molar-refractivity contribution in [3.05, 3.63) is 34.5 Å². The minimum atomic E-state index is -1.29. The Kier molecular flexibility index (Phi) is 2.05. The van der Waals surface area contributed by atoms with E-state index in [1.54, 1.807) is 0 Å². The van der Waals surface area contributed by atoms with Crippen molar-refractivity contribution < 1.29 is 9.90 Å². The van der Waals surface area contributed by atoms with Crippen molar-refractivity contribution in [3.8, 4) is 11.4 Å². The van der Waals surface area contributed by atoms with Crippen molar-refractivity contribution >= 4 is 5.97 Å². The molecule has 0 spiro atoms. The third-order valence-corrected chi connectivity index (χ3v) is 1.83. The molecule has 0 amide bonds. The van der Waals surface area contributed by atoms with Gasteiger partial charge in [-0.05, 0) is 0 Å². The van der Waals surface area contributed by atoms with Crippen molar-refractivity contribution in [1.82, 2.24) is 20.2 Å². The maximum atomic E-state index is 11.6. The first-order chi connectivity index (χ1) is 7.20. The lowest BCUT2D eigenvalue weighted by molar-refractivity contribution is 0.0695. The van der Waals surface area contributed by atoms with Crippen LogP contribution in [0.5, 0.6) is 0 Å². The van der Waals surface area contributed by atoms with Gasteiger partial charge in [0, 0.05) is 6.20 Å². The highest BCUT2D eigenvalue weighted by Crippen LogP contribution is 2.06. The molecule has 2 aromatic heterocycles. The number of nitrogens with one attached hydrogen (secondary N) is 2. The van der Waals surface area contributed by atoms with Crippen LogP contribution in [0.1, 0.15) is 10.4 Å². The van der Waals surface area contributed by atoms with Crippen LogP contribution in [-0.2, 0) is 0 Å². The molecule has 2 rings (SSSR count). The molecule has 0 unspecified atom stereocenters. The second kappa shape index (κ2) is 3.37. The molecule has 76 valence electrons. The number of aromatic nitrogens is 4. The molecule has 0 bridgehead atoms. The predicted octanol–water partition coefficient (Wildman–Crippen LogP) is -0.142. The van der Waals surface area contributed by atoms with Gasteiger partial charge in [0.05, 0.1) is 18.2 Å². The summed E-state index contributed by atoms with van der Waals surface area (Å²) in [4.78, 5) is 28.7. The molecular formula is C8H6N4O3. The van der Waals surface area contributed by atoms with Crippen LogP contribution in [0.3, 0.4) is 0 Å². The van der Waals surface area contributed by atoms with Crippen LogP contribution in [0.2, 0.25) is 0 Å². The number of aromatic amines is 2. The number of aromatic carboxylic acids is 1. The molecule has 0 fully saturated rings. The van der Waals surface area contributed by atoms with E-state index in [0.29, 0.717) is 5.69 Å². The molecular weight excluding hydrogens is 200 g/mol. The van der Waals surface area contributed by atoms with Crippen molar-refractivity contribution in [2.24, 2.45) is 0 Å². The van der Waals surface area contributed by atoms with Gasteiger partial charge in [-0.1, -0.05) is 0 Å². The molecule has 3 N–H and O–H groups in total. The average Bonchev–Trinajstić information content (AvgIpc) is 2.70. The molecule has 2 heterocycles. The molecule has 0 saturated carbocycles. The SMILES string of the molecule is O=C(O)c1c[nH]nc(-c2cnc[nH]2)c1=O. The van der Waals surface area contributed by atoms with E-state index in [1.807, 2.05) is 0 Å². The summed E-state index contributed by atoms with van der Waals surface area (Å²) in [6, 6.07) is 0. The van der Waals surface area contributed by atoms with Crippen LogP contribution < -0.4 is 5.43 Å². The molecule has 0 aromatic carbocycles. The third-order valence-electron chi connectivity index (χ3n) is 1.83. The van der Waals surface area contributed by atoms with E-state index in [9.17, 15) is 9.59 Å². The number of nitrogens with zero attached hydrogens (tertiary/aromatic N) is 2. The number of H-pyrrole nitrogens is 2. The minimum absolute atomic E-state index is 0.00685. The zero-order chi connectivity index (χ0) is 10.8. The number of carbonyl (C=O) groups is 1. The van der Waals surface area contributed by atoms with E-state index in [2.05, 4.69) is 20.2 Å². The van der Waals surface area contributed by atoms with Gasteiger partial charge < -0.3 is 10.1 Å². The maximum absolute atomic E-state index is 11.6. The number of imidazole rings is 1. The van der Waals surface area contributed by atoms with Crippen LogP contribution in [0.15, 0.2) is 23.5 Å². The first-order valence-corrected chi connectivity index (χ1v) is 4.00. The summed E-state index contributed by atoms with van der Waals surface area (Å²) in [6.07, 6.45) is 3.82. The molecule has 15 heavy (non-hydrogen) atoms. The minimum Gasteiger partial charge on any atom is -0.477 e. The smallest absolute Gasteiger partial charge is 0.341 e. The standard InChI is InChI=1S/C8H6N4O3/c13-7-4(8(14)15)1-11-12-6(7)5-2-9-3-10-5/h1-3H,(H,9,10)(H,11,13)(H,14,15). The van der Waals surface area contributed by atoms with Gasteiger partial charge in [-0.2, -0.15) is 5.10 Å². The zero-order valence-corrected chi connectivity index (χ0v) is 7.39. The first-order valence-electron chi connectivity index (χ1n) is 4.00. The Balaban J connectivity index is 2.65. The quantitative estimate of drug-likeness (QED) is 0.633. The molecule has 0 saturated heterocycles. The van der Waals surface area contributed by atoms with E-state index in [0.717, 1.165) is 6.20 Å². The van der Waals surface area contributed by atoms with Gasteiger partial charge in [0.2, 0.25) is 5.43 Å². The maximum Gasteiger partial charge on any atom is 0.341 e. The molecule has 7 nitrogen and oxygen atoms in total. The van der Waals surface area contributed by atoms with Crippen LogP contribution in [-0.4, -0.2) is 31.2 Å². The van der Waals surface area contributed by atoms with E-state index >= 15 is 0 Å². The summed E-state index contributed by atoms with van der Waals surface area (Å²) in [5.74, 6) is -1.29. The second-order valence-corrected chi connectivity index (χ2v) is 2.75. The topological polar surface area (TPSA) is 112 Å². The number of hydrogen-bond acceptors (Lipinski definition) is 4. The largest absolute Gasteiger partial charge is 0.477 e. The Morgan fingerprint density at radius 2 is 2.27 bits per heavy atom. The van der Waals surface area contributed by atoms with E-state index in [1.165, 1.54) is 12.5 Å². The highest BCUT2D eigenvalue weighted by Gasteiger charge is 2.14. The molecule has 7 heteroatoms. The van der Waals surface area contributed by atoms with Gasteiger partial charge in [0.25, 0.3) is 0 Å². The van der Waals surface area contributed by atoms with Gasteiger partial charge in [-0.25, -0.2) is 9.78 Å². The molecule has 0 radical (unpaired) electrons. The van der Waals surface area contributed by atoms with E-state index < -0.39 is 11.4 Å². The van der Waals surface area contributed by atoms with Crippen LogP contribution in [0.4, 0.5) is 0 Å². The normalized spacial score (nSPS) is 10.1. The predicted molar refractivity (Wildman–Crippen MR) is 49.4 cm³/mol. The monoisotopic (exact) mass is 206 g/mol. The number of hydrogen-bond donors (Lipinski definition) is 3. The first kappa shape index (κ1) is 9.13. The van der Waals surface area contributed by atoms with Crippen LogP contribution in [0.25, 0.3) is 11.4 Å². The average molecular weight is 206 g/mol. The van der Waals surface area contributed by atoms with Gasteiger partial charge >= 0.3 is 5.97 Å². The summed E-state index contributed by atoms with van der Waals surface area (Å²) in [6.45, 7) is 0. The third kappa shape index (κ3) is 1.50. The summed E-state index contributed by atoms with van der Waals surface area (Å²) in [7, 11) is 0. The molecule has 2 aromatic rings. The molecule has 0 aliphatic rings. The van der Waals surface area contributed by atoms with Crippen molar-refractivity contribution in [2.75, 3.05) is 0 Å². The lowest BCUT2D eigenvalue weighted by Gasteiger charge is -1.96. The fraction of sp³-hybridized carbons (Fsp3) is 0. The Morgan fingerprint density at radius 1 is 1.47 bits per heavy atom. The number of carboxylic acids is 1. The summed E-state index contributed by atoms with van der Waals surface area (Å²) in [5.41, 5.74) is -0.619. The summed E-state index contributed by atoms with van der Waals surface area (Å²) < 4.78 is 0.